The molecule has 0 saturated carbocycles. The van der Waals surface area contributed by atoms with Gasteiger partial charge in [0.15, 0.2) is 6.29 Å². The fourth-order valence-corrected chi connectivity index (χ4v) is 2.03. The van der Waals surface area contributed by atoms with E-state index >= 15 is 0 Å². The first-order chi connectivity index (χ1) is 10.1. The monoisotopic (exact) mass is 284 g/mol. The molecule has 0 unspecified atom stereocenters. The predicted octanol–water partition coefficient (Wildman–Crippen LogP) is 2.09. The van der Waals surface area contributed by atoms with Crippen molar-refractivity contribution >= 4 is 23.7 Å². The highest BCUT2D eigenvalue weighted by Crippen LogP contribution is 2.27. The van der Waals surface area contributed by atoms with E-state index in [4.69, 9.17) is 5.73 Å². The average molecular weight is 284 g/mol. The van der Waals surface area contributed by atoms with E-state index in [-0.39, 0.29) is 5.91 Å². The smallest absolute Gasteiger partial charge is 0.221 e. The molecule has 0 atom stereocenters. The molecule has 3 N–H and O–H groups in total. The second kappa shape index (κ2) is 6.04. The molecule has 6 nitrogen and oxygen atoms in total. The number of carbonyl (C=O) groups excluding carboxylic acids is 2. The zero-order chi connectivity index (χ0) is 15.4. The minimum atomic E-state index is -0.167. The number of nitrogens with zero attached hydrogens (tertiary/aromatic N) is 2. The fraction of sp³-hybridized carbons (Fsp3) is 0.133. The molecule has 0 aliphatic carbocycles. The molecule has 0 aliphatic heterocycles. The number of aromatic nitrogens is 2. The van der Waals surface area contributed by atoms with Crippen molar-refractivity contribution in [3.8, 4) is 11.3 Å². The van der Waals surface area contributed by atoms with Crippen LogP contribution in [0.15, 0.2) is 36.9 Å². The largest absolute Gasteiger partial charge is 0.383 e. The number of nitrogens with two attached hydrogens (primary N) is 1. The molecule has 0 saturated heterocycles. The molecular formula is C15H16N4O2. The number of aldehydes is 1. The third kappa shape index (κ3) is 3.00. The number of hydrogen-bond donors (Lipinski definition) is 2. The highest BCUT2D eigenvalue weighted by Gasteiger charge is 2.16. The summed E-state index contributed by atoms with van der Waals surface area (Å²) in [5.74, 6) is 0.129. The average Bonchev–Trinajstić information content (AvgIpc) is 2.75. The van der Waals surface area contributed by atoms with Gasteiger partial charge in [0.1, 0.15) is 11.5 Å². The second-order valence-corrected chi connectivity index (χ2v) is 4.50. The Morgan fingerprint density at radius 3 is 2.90 bits per heavy atom. The molecule has 1 aromatic carbocycles. The van der Waals surface area contributed by atoms with Gasteiger partial charge < -0.3 is 11.1 Å². The Bertz CT molecular complexity index is 704. The Kier molecular flexibility index (Phi) is 4.18. The van der Waals surface area contributed by atoms with Crippen LogP contribution in [0.25, 0.3) is 11.3 Å². The van der Waals surface area contributed by atoms with Gasteiger partial charge >= 0.3 is 0 Å². The zero-order valence-electron chi connectivity index (χ0n) is 11.7. The number of carbonyl (C=O) groups is 2. The summed E-state index contributed by atoms with van der Waals surface area (Å²) in [5.41, 5.74) is 8.06. The van der Waals surface area contributed by atoms with E-state index in [9.17, 15) is 9.59 Å². The lowest BCUT2D eigenvalue weighted by atomic mass is 10.1. The first-order valence-electron chi connectivity index (χ1n) is 6.37. The van der Waals surface area contributed by atoms with Crippen LogP contribution in [0.4, 0.5) is 11.5 Å². The molecule has 0 aliphatic rings. The number of allylic oxidation sites excluding steroid dienone is 1. The summed E-state index contributed by atoms with van der Waals surface area (Å²) in [6, 6.07) is 7.08. The lowest BCUT2D eigenvalue weighted by molar-refractivity contribution is -0.114. The number of benzene rings is 1. The van der Waals surface area contributed by atoms with Crippen LogP contribution >= 0.6 is 0 Å². The van der Waals surface area contributed by atoms with Crippen molar-refractivity contribution < 1.29 is 9.59 Å². The van der Waals surface area contributed by atoms with E-state index in [2.05, 4.69) is 17.0 Å². The lowest BCUT2D eigenvalue weighted by Gasteiger charge is -2.04. The molecule has 0 bridgehead atoms. The number of nitrogen functional groups attached to an aromatic ring is 1. The summed E-state index contributed by atoms with van der Waals surface area (Å²) < 4.78 is 1.51. The van der Waals surface area contributed by atoms with Crippen molar-refractivity contribution in [3.05, 3.63) is 42.5 Å². The molecule has 1 heterocycles. The molecule has 2 rings (SSSR count). The molecule has 1 aromatic heterocycles. The van der Waals surface area contributed by atoms with Gasteiger partial charge in [-0.15, -0.1) is 6.58 Å². The van der Waals surface area contributed by atoms with E-state index in [1.807, 2.05) is 0 Å². The van der Waals surface area contributed by atoms with Crippen LogP contribution in [0.1, 0.15) is 17.3 Å². The van der Waals surface area contributed by atoms with E-state index in [1.165, 1.54) is 11.6 Å². The van der Waals surface area contributed by atoms with E-state index in [1.54, 1.807) is 30.3 Å². The van der Waals surface area contributed by atoms with Crippen LogP contribution in [0, 0.1) is 0 Å². The molecule has 6 heteroatoms. The van der Waals surface area contributed by atoms with Crippen LogP contribution in [0.2, 0.25) is 0 Å². The van der Waals surface area contributed by atoms with Gasteiger partial charge in [-0.25, -0.2) is 4.68 Å². The summed E-state index contributed by atoms with van der Waals surface area (Å²) in [4.78, 5) is 22.4. The van der Waals surface area contributed by atoms with Crippen LogP contribution in [-0.2, 0) is 11.3 Å². The van der Waals surface area contributed by atoms with Crippen molar-refractivity contribution in [2.24, 2.45) is 0 Å². The Hall–Kier alpha value is -2.89. The SMILES string of the molecule is C=CCn1nc(-c2cccc(NC(C)=O)c2)c(C=O)c1N. The number of rotatable bonds is 5. The van der Waals surface area contributed by atoms with Gasteiger partial charge in [-0.3, -0.25) is 9.59 Å². The van der Waals surface area contributed by atoms with Crippen LogP contribution < -0.4 is 11.1 Å². The van der Waals surface area contributed by atoms with E-state index in [0.717, 1.165) is 0 Å². The highest BCUT2D eigenvalue weighted by atomic mass is 16.1. The molecule has 0 fully saturated rings. The summed E-state index contributed by atoms with van der Waals surface area (Å²) in [6.07, 6.45) is 2.33. The Morgan fingerprint density at radius 1 is 1.52 bits per heavy atom. The molecule has 2 aromatic rings. The normalized spacial score (nSPS) is 10.1. The van der Waals surface area contributed by atoms with Crippen LogP contribution in [0.5, 0.6) is 0 Å². The van der Waals surface area contributed by atoms with Gasteiger partial charge in [-0.1, -0.05) is 18.2 Å². The predicted molar refractivity (Wildman–Crippen MR) is 82.0 cm³/mol. The van der Waals surface area contributed by atoms with Gasteiger partial charge in [0.25, 0.3) is 0 Å². The highest BCUT2D eigenvalue weighted by molar-refractivity contribution is 5.93. The molecule has 21 heavy (non-hydrogen) atoms. The third-order valence-electron chi connectivity index (χ3n) is 2.91. The fourth-order valence-electron chi connectivity index (χ4n) is 2.03. The van der Waals surface area contributed by atoms with Gasteiger partial charge in [0, 0.05) is 18.2 Å². The van der Waals surface area contributed by atoms with Crippen molar-refractivity contribution in [3.63, 3.8) is 0 Å². The third-order valence-corrected chi connectivity index (χ3v) is 2.91. The van der Waals surface area contributed by atoms with Gasteiger partial charge in [0.05, 0.1) is 12.1 Å². The van der Waals surface area contributed by atoms with Crippen LogP contribution in [-0.4, -0.2) is 22.0 Å². The maximum atomic E-state index is 11.3. The minimum absolute atomic E-state index is 0.167. The molecule has 1 amide bonds. The maximum Gasteiger partial charge on any atom is 0.221 e. The van der Waals surface area contributed by atoms with E-state index in [0.29, 0.717) is 41.2 Å². The first-order valence-corrected chi connectivity index (χ1v) is 6.37. The van der Waals surface area contributed by atoms with Crippen molar-refractivity contribution in [1.82, 2.24) is 9.78 Å². The standard InChI is InChI=1S/C15H16N4O2/c1-3-7-19-15(16)13(9-20)14(18-19)11-5-4-6-12(8-11)17-10(2)21/h3-6,8-9H,1,7,16H2,2H3,(H,17,21). The van der Waals surface area contributed by atoms with Gasteiger partial charge in [0.2, 0.25) is 5.91 Å². The lowest BCUT2D eigenvalue weighted by Crippen LogP contribution is -2.05. The Morgan fingerprint density at radius 2 is 2.29 bits per heavy atom. The molecule has 0 spiro atoms. The zero-order valence-corrected chi connectivity index (χ0v) is 11.7. The Balaban J connectivity index is 2.50. The first kappa shape index (κ1) is 14.5. The number of amides is 1. The van der Waals surface area contributed by atoms with Gasteiger partial charge in [-0.2, -0.15) is 5.10 Å². The van der Waals surface area contributed by atoms with E-state index < -0.39 is 0 Å². The molecule has 108 valence electrons. The topological polar surface area (TPSA) is 90.0 Å². The number of hydrogen-bond acceptors (Lipinski definition) is 4. The quantitative estimate of drug-likeness (QED) is 0.649. The van der Waals surface area contributed by atoms with Crippen molar-refractivity contribution in [2.75, 3.05) is 11.1 Å². The number of nitrogens with one attached hydrogen (secondary N) is 1. The maximum absolute atomic E-state index is 11.3. The summed E-state index contributed by atoms with van der Waals surface area (Å²) >= 11 is 0. The second-order valence-electron chi connectivity index (χ2n) is 4.50. The number of anilines is 2. The molecule has 0 radical (unpaired) electrons. The summed E-state index contributed by atoms with van der Waals surface area (Å²) in [5, 5.41) is 7.03. The van der Waals surface area contributed by atoms with Gasteiger partial charge in [-0.05, 0) is 12.1 Å². The summed E-state index contributed by atoms with van der Waals surface area (Å²) in [6.45, 7) is 5.47. The van der Waals surface area contributed by atoms with Crippen LogP contribution in [0.3, 0.4) is 0 Å². The molecular weight excluding hydrogens is 268 g/mol. The summed E-state index contributed by atoms with van der Waals surface area (Å²) in [7, 11) is 0. The van der Waals surface area contributed by atoms with Crippen molar-refractivity contribution in [1.29, 1.82) is 0 Å². The van der Waals surface area contributed by atoms with Crippen molar-refractivity contribution in [2.45, 2.75) is 13.5 Å². The Labute approximate surface area is 122 Å². The minimum Gasteiger partial charge on any atom is -0.383 e.